The molecule has 1 aliphatic carbocycles. The number of ketones is 2. The minimum Gasteiger partial charge on any atom is -0.464 e. The highest BCUT2D eigenvalue weighted by molar-refractivity contribution is 6.38. The van der Waals surface area contributed by atoms with Crippen molar-refractivity contribution in [2.24, 2.45) is 11.8 Å². The van der Waals surface area contributed by atoms with E-state index in [2.05, 4.69) is 19.9 Å². The second kappa shape index (κ2) is 30.9. The van der Waals surface area contributed by atoms with Crippen LogP contribution in [-0.4, -0.2) is 94.2 Å². The van der Waals surface area contributed by atoms with Gasteiger partial charge in [-0.2, -0.15) is 0 Å². The van der Waals surface area contributed by atoms with Gasteiger partial charge < -0.3 is 29.7 Å². The molecule has 5 atom stereocenters. The van der Waals surface area contributed by atoms with E-state index in [4.69, 9.17) is 19.7 Å². The number of likely N-dealkylation sites (tertiary alicyclic amines) is 1. The van der Waals surface area contributed by atoms with Crippen LogP contribution in [0, 0.1) is 11.8 Å². The van der Waals surface area contributed by atoms with Gasteiger partial charge in [0.2, 0.25) is 5.79 Å². The van der Waals surface area contributed by atoms with Crippen LogP contribution in [0.1, 0.15) is 145 Å². The number of aliphatic hydroxyl groups excluding tert-OH is 2. The van der Waals surface area contributed by atoms with E-state index in [0.29, 0.717) is 38.0 Å². The van der Waals surface area contributed by atoms with E-state index >= 15 is 0 Å². The summed E-state index contributed by atoms with van der Waals surface area (Å²) in [7, 11) is 0. The number of piperidine rings is 1. The molecule has 1 saturated carbocycles. The Labute approximate surface area is 331 Å². The lowest BCUT2D eigenvalue weighted by molar-refractivity contribution is -0.240. The number of aldehydes is 1. The fourth-order valence-electron chi connectivity index (χ4n) is 6.01. The standard InChI is InChI=1S/C15H24O2.C14H23NO4.C9H14O3.C6H12O/c1-4-13(2)10-8-6-5-7-9-11-14(3)15(17)12-16;1-10-6-5-9-19-14(10,18)12(16)13(17)15-8-4-3-7-11(15)2;1-3-9(12-7-11)5-4-8(2)6-10;7-6-4-2-1-3-5-6/h5-8,10,14,16H,4,9,11-12H2,1-3H3;10-11,18H,3-9H2,1-2H3;4,6-7,9H,3,5H2,1-2H3;6-7H,1-5H2/b7-5+,8-6+,13-10+;;8-4+;/t;;9-;/m..1./s1. The first-order valence-corrected chi connectivity index (χ1v) is 20.4. The van der Waals surface area contributed by atoms with E-state index in [-0.39, 0.29) is 42.5 Å². The maximum absolute atomic E-state index is 12.3. The van der Waals surface area contributed by atoms with Gasteiger partial charge in [0.15, 0.2) is 5.78 Å². The Bertz CT molecular complexity index is 1230. The second-order valence-electron chi connectivity index (χ2n) is 14.9. The van der Waals surface area contributed by atoms with Crippen LogP contribution in [0.4, 0.5) is 0 Å². The molecule has 2 aliphatic heterocycles. The molecule has 2 heterocycles. The van der Waals surface area contributed by atoms with E-state index in [1.54, 1.807) is 24.8 Å². The topological polar surface area (TPSA) is 168 Å². The van der Waals surface area contributed by atoms with E-state index in [9.17, 15) is 29.1 Å². The Balaban J connectivity index is 0.000000744. The summed E-state index contributed by atoms with van der Waals surface area (Å²) in [6.07, 6.45) is 27.1. The molecule has 0 aromatic rings. The summed E-state index contributed by atoms with van der Waals surface area (Å²) in [4.78, 5) is 57.4. The third-order valence-electron chi connectivity index (χ3n) is 10.3. The first kappa shape index (κ1) is 51.8. The number of allylic oxidation sites excluding steroid dienone is 7. The molecule has 0 bridgehead atoms. The fraction of sp³-hybridized carbons (Fsp3) is 0.705. The van der Waals surface area contributed by atoms with Crippen molar-refractivity contribution in [3.8, 4) is 0 Å². The number of carbonyl (C=O) groups is 5. The summed E-state index contributed by atoms with van der Waals surface area (Å²) in [5.74, 6) is -3.77. The third-order valence-corrected chi connectivity index (χ3v) is 10.3. The van der Waals surface area contributed by atoms with Crippen molar-refractivity contribution in [3.63, 3.8) is 0 Å². The lowest BCUT2D eigenvalue weighted by atomic mass is 9.88. The molecule has 0 radical (unpaired) electrons. The lowest BCUT2D eigenvalue weighted by Crippen LogP contribution is -2.57. The highest BCUT2D eigenvalue weighted by Gasteiger charge is 2.49. The van der Waals surface area contributed by atoms with Crippen molar-refractivity contribution in [3.05, 3.63) is 47.6 Å². The van der Waals surface area contributed by atoms with Gasteiger partial charge in [0, 0.05) is 30.8 Å². The number of aliphatic hydroxyl groups is 3. The van der Waals surface area contributed by atoms with Crippen LogP contribution in [0.15, 0.2) is 47.6 Å². The largest absolute Gasteiger partial charge is 0.464 e. The van der Waals surface area contributed by atoms with E-state index in [1.807, 2.05) is 45.1 Å². The van der Waals surface area contributed by atoms with Crippen molar-refractivity contribution in [2.75, 3.05) is 19.8 Å². The smallest absolute Gasteiger partial charge is 0.296 e. The van der Waals surface area contributed by atoms with Gasteiger partial charge in [0.1, 0.15) is 19.0 Å². The average Bonchev–Trinajstić information content (AvgIpc) is 3.20. The van der Waals surface area contributed by atoms with Crippen molar-refractivity contribution < 1.29 is 48.8 Å². The Hall–Kier alpha value is -3.25. The van der Waals surface area contributed by atoms with Crippen LogP contribution in [-0.2, 0) is 33.4 Å². The molecule has 1 amide bonds. The molecule has 3 aliphatic rings. The number of Topliss-reactive ketones (excluding diaryl/α,β-unsaturated/α-hetero) is 2. The van der Waals surface area contributed by atoms with Gasteiger partial charge in [-0.25, -0.2) is 0 Å². The zero-order valence-corrected chi connectivity index (χ0v) is 34.9. The van der Waals surface area contributed by atoms with Gasteiger partial charge in [-0.1, -0.05) is 89.0 Å². The molecule has 0 spiro atoms. The molecular weight excluding hydrogens is 702 g/mol. The highest BCUT2D eigenvalue weighted by Crippen LogP contribution is 2.31. The van der Waals surface area contributed by atoms with Gasteiger partial charge >= 0.3 is 0 Å². The molecular formula is C44H73NO10. The maximum Gasteiger partial charge on any atom is 0.296 e. The van der Waals surface area contributed by atoms with Crippen LogP contribution in [0.3, 0.4) is 0 Å². The Kier molecular flexibility index (Phi) is 29.1. The predicted molar refractivity (Wildman–Crippen MR) is 217 cm³/mol. The summed E-state index contributed by atoms with van der Waals surface area (Å²) in [6.45, 7) is 14.5. The maximum atomic E-state index is 12.3. The van der Waals surface area contributed by atoms with Gasteiger partial charge in [-0.05, 0) is 97.0 Å². The monoisotopic (exact) mass is 776 g/mol. The zero-order chi connectivity index (χ0) is 41.6. The molecule has 11 nitrogen and oxygen atoms in total. The normalized spacial score (nSPS) is 23.2. The molecule has 3 N–H and O–H groups in total. The van der Waals surface area contributed by atoms with Crippen LogP contribution in [0.25, 0.3) is 0 Å². The number of amides is 1. The molecule has 55 heavy (non-hydrogen) atoms. The number of rotatable bonds is 16. The van der Waals surface area contributed by atoms with Gasteiger partial charge in [-0.15, -0.1) is 0 Å². The second-order valence-corrected chi connectivity index (χ2v) is 14.9. The molecule has 2 saturated heterocycles. The molecule has 0 aromatic carbocycles. The number of hydrogen-bond donors (Lipinski definition) is 3. The summed E-state index contributed by atoms with van der Waals surface area (Å²) < 4.78 is 9.99. The number of hydrogen-bond acceptors (Lipinski definition) is 10. The van der Waals surface area contributed by atoms with Crippen molar-refractivity contribution in [2.45, 2.75) is 169 Å². The summed E-state index contributed by atoms with van der Waals surface area (Å²) in [5.41, 5.74) is 2.03. The van der Waals surface area contributed by atoms with Gasteiger partial charge in [0.05, 0.1) is 12.7 Å². The molecule has 0 aromatic heterocycles. The molecule has 3 fully saturated rings. The van der Waals surface area contributed by atoms with E-state index < -0.39 is 17.5 Å². The third kappa shape index (κ3) is 22.2. The quantitative estimate of drug-likeness (QED) is 0.0626. The minimum absolute atomic E-state index is 0.0359. The van der Waals surface area contributed by atoms with Crippen LogP contribution >= 0.6 is 0 Å². The Morgan fingerprint density at radius 2 is 1.62 bits per heavy atom. The van der Waals surface area contributed by atoms with Crippen molar-refractivity contribution >= 4 is 30.2 Å². The van der Waals surface area contributed by atoms with E-state index in [1.165, 1.54) is 24.8 Å². The zero-order valence-electron chi connectivity index (χ0n) is 34.9. The number of carbonyl (C=O) groups excluding carboxylic acids is 5. The first-order chi connectivity index (χ1) is 26.2. The van der Waals surface area contributed by atoms with E-state index in [0.717, 1.165) is 70.5 Å². The van der Waals surface area contributed by atoms with Crippen molar-refractivity contribution in [1.82, 2.24) is 4.90 Å². The summed E-state index contributed by atoms with van der Waals surface area (Å²) in [6, 6.07) is 0.0627. The van der Waals surface area contributed by atoms with Gasteiger partial charge in [-0.3, -0.25) is 24.0 Å². The minimum atomic E-state index is -1.92. The van der Waals surface area contributed by atoms with Crippen molar-refractivity contribution in [1.29, 1.82) is 0 Å². The number of nitrogens with zero attached hydrogens (tertiary/aromatic N) is 1. The Morgan fingerprint density at radius 3 is 2.15 bits per heavy atom. The summed E-state index contributed by atoms with van der Waals surface area (Å²) in [5, 5.41) is 28.0. The summed E-state index contributed by atoms with van der Waals surface area (Å²) >= 11 is 0. The van der Waals surface area contributed by atoms with Gasteiger partial charge in [0.25, 0.3) is 18.2 Å². The molecule has 314 valence electrons. The Morgan fingerprint density at radius 1 is 0.945 bits per heavy atom. The van der Waals surface area contributed by atoms with Crippen LogP contribution < -0.4 is 0 Å². The molecule has 4 unspecified atom stereocenters. The molecule has 11 heteroatoms. The predicted octanol–water partition coefficient (Wildman–Crippen LogP) is 7.31. The average molecular weight is 776 g/mol. The SMILES string of the molecule is CC/C(C)=C/C=C/C=C/CCC(C)C(=O)CO.CC1CCCCN1C(=O)C(=O)C1(O)OCCCC1C.CC[C@H](C/C=C(\C)C=O)OC=O.OC1CCCCC1. The first-order valence-electron chi connectivity index (χ1n) is 20.4. The lowest BCUT2D eigenvalue weighted by Gasteiger charge is -2.39. The molecule has 3 rings (SSSR count). The fourth-order valence-corrected chi connectivity index (χ4v) is 6.01. The van der Waals surface area contributed by atoms with Crippen LogP contribution in [0.5, 0.6) is 0 Å². The highest BCUT2D eigenvalue weighted by atomic mass is 16.6. The van der Waals surface area contributed by atoms with Crippen LogP contribution in [0.2, 0.25) is 0 Å². The number of ether oxygens (including phenoxy) is 2.